The third kappa shape index (κ3) is 4.35. The fraction of sp³-hybridized carbons (Fsp3) is 0.364. The zero-order valence-corrected chi connectivity index (χ0v) is 8.99. The normalized spacial score (nSPS) is 10.1. The summed E-state index contributed by atoms with van der Waals surface area (Å²) in [5, 5.41) is 2.65. The average Bonchev–Trinajstić information content (AvgIpc) is 2.19. The minimum atomic E-state index is -0.437. The number of nitrogens with two attached hydrogens (primary N) is 1. The van der Waals surface area contributed by atoms with Crippen LogP contribution in [-0.2, 0) is 0 Å². The van der Waals surface area contributed by atoms with Gasteiger partial charge >= 0.3 is 6.09 Å². The summed E-state index contributed by atoms with van der Waals surface area (Å²) in [5.41, 5.74) is 6.14. The van der Waals surface area contributed by atoms with Gasteiger partial charge < -0.3 is 15.8 Å². The zero-order valence-electron chi connectivity index (χ0n) is 8.99. The first-order valence-electron chi connectivity index (χ1n) is 4.89. The summed E-state index contributed by atoms with van der Waals surface area (Å²) in [7, 11) is 0. The van der Waals surface area contributed by atoms with Crippen molar-refractivity contribution in [2.75, 3.05) is 12.3 Å². The van der Waals surface area contributed by atoms with Crippen molar-refractivity contribution in [3.63, 3.8) is 0 Å². The Morgan fingerprint density at radius 2 is 2.00 bits per heavy atom. The molecule has 0 spiro atoms. The molecule has 0 fully saturated rings. The summed E-state index contributed by atoms with van der Waals surface area (Å²) in [4.78, 5) is 11.2. The van der Waals surface area contributed by atoms with Gasteiger partial charge in [0.2, 0.25) is 0 Å². The number of ether oxygens (including phenoxy) is 1. The molecule has 1 amide bonds. The maximum absolute atomic E-state index is 11.2. The third-order valence-corrected chi connectivity index (χ3v) is 1.75. The van der Waals surface area contributed by atoms with Crippen LogP contribution in [0.3, 0.4) is 0 Å². The molecule has 0 radical (unpaired) electrons. The van der Waals surface area contributed by atoms with Gasteiger partial charge in [-0.1, -0.05) is 13.8 Å². The molecule has 0 aromatic heterocycles. The highest BCUT2D eigenvalue weighted by atomic mass is 16.5. The Bertz CT molecular complexity index is 320. The van der Waals surface area contributed by atoms with Crippen LogP contribution in [0.1, 0.15) is 13.8 Å². The van der Waals surface area contributed by atoms with Gasteiger partial charge in [-0.2, -0.15) is 0 Å². The van der Waals surface area contributed by atoms with Crippen molar-refractivity contribution in [1.29, 1.82) is 0 Å². The Hall–Kier alpha value is -1.71. The van der Waals surface area contributed by atoms with Crippen LogP contribution in [-0.4, -0.2) is 12.6 Å². The first kappa shape index (κ1) is 11.4. The van der Waals surface area contributed by atoms with Crippen LogP contribution < -0.4 is 15.8 Å². The maximum Gasteiger partial charge on any atom is 0.412 e. The van der Waals surface area contributed by atoms with E-state index in [2.05, 4.69) is 5.32 Å². The number of nitrogens with one attached hydrogen (secondary N) is 1. The standard InChI is InChI=1S/C11H16N2O2/c1-8(2)7-13-11(14)15-10-5-3-9(12)4-6-10/h3-6,8H,7,12H2,1-2H3,(H,13,14). The molecule has 0 aliphatic rings. The van der Waals surface area contributed by atoms with Crippen LogP contribution in [0.4, 0.5) is 10.5 Å². The molecule has 1 rings (SSSR count). The van der Waals surface area contributed by atoms with Crippen LogP contribution in [0.15, 0.2) is 24.3 Å². The number of hydrogen-bond donors (Lipinski definition) is 2. The molecule has 0 atom stereocenters. The second-order valence-corrected chi connectivity index (χ2v) is 3.73. The Labute approximate surface area is 89.4 Å². The van der Waals surface area contributed by atoms with E-state index in [0.29, 0.717) is 23.9 Å². The molecule has 0 saturated heterocycles. The number of carbonyl (C=O) groups is 1. The number of hydrogen-bond acceptors (Lipinski definition) is 3. The summed E-state index contributed by atoms with van der Waals surface area (Å²) >= 11 is 0. The molecule has 0 heterocycles. The molecule has 1 aromatic carbocycles. The molecule has 1 aromatic rings. The number of rotatable bonds is 3. The molecule has 0 aliphatic carbocycles. The molecule has 82 valence electrons. The van der Waals surface area contributed by atoms with Gasteiger partial charge in [0.05, 0.1) is 0 Å². The van der Waals surface area contributed by atoms with Crippen LogP contribution in [0.25, 0.3) is 0 Å². The smallest absolute Gasteiger partial charge is 0.410 e. The predicted octanol–water partition coefficient (Wildman–Crippen LogP) is 2.01. The lowest BCUT2D eigenvalue weighted by molar-refractivity contribution is 0.199. The molecule has 15 heavy (non-hydrogen) atoms. The van der Waals surface area contributed by atoms with Gasteiger partial charge in [0, 0.05) is 12.2 Å². The fourth-order valence-corrected chi connectivity index (χ4v) is 0.966. The Morgan fingerprint density at radius 1 is 1.40 bits per heavy atom. The largest absolute Gasteiger partial charge is 0.412 e. The lowest BCUT2D eigenvalue weighted by Gasteiger charge is -2.08. The number of nitrogen functional groups attached to an aromatic ring is 1. The molecule has 4 heteroatoms. The first-order valence-corrected chi connectivity index (χ1v) is 4.89. The highest BCUT2D eigenvalue weighted by molar-refractivity contribution is 5.70. The highest BCUT2D eigenvalue weighted by Gasteiger charge is 2.04. The fourth-order valence-electron chi connectivity index (χ4n) is 0.966. The Morgan fingerprint density at radius 3 is 2.53 bits per heavy atom. The predicted molar refractivity (Wildman–Crippen MR) is 59.7 cm³/mol. The van der Waals surface area contributed by atoms with Gasteiger partial charge in [-0.15, -0.1) is 0 Å². The lowest BCUT2D eigenvalue weighted by Crippen LogP contribution is -2.30. The van der Waals surface area contributed by atoms with Crippen molar-refractivity contribution >= 4 is 11.8 Å². The molecule has 0 unspecified atom stereocenters. The molecule has 3 N–H and O–H groups in total. The number of carbonyl (C=O) groups excluding carboxylic acids is 1. The number of amides is 1. The van der Waals surface area contributed by atoms with Crippen molar-refractivity contribution in [3.8, 4) is 5.75 Å². The van der Waals surface area contributed by atoms with Gasteiger partial charge in [0.1, 0.15) is 5.75 Å². The van der Waals surface area contributed by atoms with Crippen molar-refractivity contribution in [1.82, 2.24) is 5.32 Å². The van der Waals surface area contributed by atoms with E-state index in [1.165, 1.54) is 0 Å². The molecular weight excluding hydrogens is 192 g/mol. The zero-order chi connectivity index (χ0) is 11.3. The molecule has 0 bridgehead atoms. The minimum absolute atomic E-state index is 0.406. The van der Waals surface area contributed by atoms with E-state index in [9.17, 15) is 4.79 Å². The van der Waals surface area contributed by atoms with E-state index in [0.717, 1.165) is 0 Å². The van der Waals surface area contributed by atoms with Crippen molar-refractivity contribution < 1.29 is 9.53 Å². The number of benzene rings is 1. The van der Waals surface area contributed by atoms with Crippen LogP contribution in [0.5, 0.6) is 5.75 Å². The first-order chi connectivity index (χ1) is 7.08. The molecule has 0 aliphatic heterocycles. The summed E-state index contributed by atoms with van der Waals surface area (Å²) in [6.45, 7) is 4.64. The van der Waals surface area contributed by atoms with Crippen molar-refractivity contribution in [3.05, 3.63) is 24.3 Å². The second kappa shape index (κ2) is 5.24. The summed E-state index contributed by atoms with van der Waals surface area (Å²) < 4.78 is 5.01. The minimum Gasteiger partial charge on any atom is -0.410 e. The maximum atomic E-state index is 11.2. The quantitative estimate of drug-likeness (QED) is 0.747. The van der Waals surface area contributed by atoms with E-state index in [1.54, 1.807) is 24.3 Å². The van der Waals surface area contributed by atoms with E-state index >= 15 is 0 Å². The van der Waals surface area contributed by atoms with Crippen molar-refractivity contribution in [2.45, 2.75) is 13.8 Å². The summed E-state index contributed by atoms with van der Waals surface area (Å²) in [5.74, 6) is 0.898. The number of anilines is 1. The molecular formula is C11H16N2O2. The van der Waals surface area contributed by atoms with Crippen LogP contribution >= 0.6 is 0 Å². The van der Waals surface area contributed by atoms with E-state index in [4.69, 9.17) is 10.5 Å². The van der Waals surface area contributed by atoms with Gasteiger partial charge in [-0.05, 0) is 30.2 Å². The monoisotopic (exact) mass is 208 g/mol. The van der Waals surface area contributed by atoms with Crippen LogP contribution in [0, 0.1) is 5.92 Å². The topological polar surface area (TPSA) is 64.3 Å². The van der Waals surface area contributed by atoms with Gasteiger partial charge in [0.15, 0.2) is 0 Å². The summed E-state index contributed by atoms with van der Waals surface area (Å²) in [6.07, 6.45) is -0.437. The molecule has 4 nitrogen and oxygen atoms in total. The Kier molecular flexibility index (Phi) is 3.97. The van der Waals surface area contributed by atoms with E-state index in [-0.39, 0.29) is 0 Å². The lowest BCUT2D eigenvalue weighted by atomic mass is 10.2. The SMILES string of the molecule is CC(C)CNC(=O)Oc1ccc(N)cc1. The average molecular weight is 208 g/mol. The van der Waals surface area contributed by atoms with Crippen molar-refractivity contribution in [2.24, 2.45) is 5.92 Å². The van der Waals surface area contributed by atoms with Gasteiger partial charge in [0.25, 0.3) is 0 Å². The molecule has 0 saturated carbocycles. The highest BCUT2D eigenvalue weighted by Crippen LogP contribution is 2.12. The summed E-state index contributed by atoms with van der Waals surface area (Å²) in [6, 6.07) is 6.69. The second-order valence-electron chi connectivity index (χ2n) is 3.73. The Balaban J connectivity index is 2.41. The van der Waals surface area contributed by atoms with Gasteiger partial charge in [-0.25, -0.2) is 4.79 Å². The van der Waals surface area contributed by atoms with Gasteiger partial charge in [-0.3, -0.25) is 0 Å². The van der Waals surface area contributed by atoms with E-state index in [1.807, 2.05) is 13.8 Å². The van der Waals surface area contributed by atoms with E-state index < -0.39 is 6.09 Å². The van der Waals surface area contributed by atoms with Crippen LogP contribution in [0.2, 0.25) is 0 Å². The third-order valence-electron chi connectivity index (χ3n) is 1.75.